The molecule has 0 aliphatic carbocycles. The van der Waals surface area contributed by atoms with E-state index in [1.54, 1.807) is 26.0 Å². The van der Waals surface area contributed by atoms with Crippen LogP contribution in [0.1, 0.15) is 45.4 Å². The predicted octanol–water partition coefficient (Wildman–Crippen LogP) is 4.80. The molecule has 0 radical (unpaired) electrons. The molecule has 0 bridgehead atoms. The number of hydrogen-bond acceptors (Lipinski definition) is 4. The summed E-state index contributed by atoms with van der Waals surface area (Å²) in [7, 11) is -3.91. The van der Waals surface area contributed by atoms with Crippen LogP contribution in [0.2, 0.25) is 0 Å². The van der Waals surface area contributed by atoms with Crippen LogP contribution in [-0.4, -0.2) is 24.5 Å². The first-order valence-electron chi connectivity index (χ1n) is 11.4. The highest BCUT2D eigenvalue weighted by atomic mass is 32.2. The van der Waals surface area contributed by atoms with Gasteiger partial charge < -0.3 is 0 Å². The molecule has 1 aliphatic rings. The number of benzene rings is 3. The Balaban J connectivity index is 1.71. The summed E-state index contributed by atoms with van der Waals surface area (Å²) in [5.41, 5.74) is 5.64. The molecule has 1 atom stereocenters. The zero-order valence-corrected chi connectivity index (χ0v) is 20.5. The van der Waals surface area contributed by atoms with Gasteiger partial charge in [-0.05, 0) is 67.5 Å². The molecule has 6 heteroatoms. The summed E-state index contributed by atoms with van der Waals surface area (Å²) in [6.07, 6.45) is 0.915. The van der Waals surface area contributed by atoms with Gasteiger partial charge in [0.15, 0.2) is 5.78 Å². The molecule has 5 nitrogen and oxygen atoms in total. The Kier molecular flexibility index (Phi) is 6.70. The third kappa shape index (κ3) is 4.54. The lowest BCUT2D eigenvalue weighted by molar-refractivity contribution is -0.123. The average molecular weight is 473 g/mol. The number of ketones is 1. The molecule has 0 N–H and O–H groups in total. The normalized spacial score (nSPS) is 16.0. The standard InChI is InChI=1S/C28H28N2O3S/c1-19-14-20(2)28(21(3)15-19)34(32,33)30-18-25-11-7-5-9-23(25)16-26(30)27(31)13-12-22-8-4-6-10-24(22)17-29/h4-11,14-15,26H,12-13,16,18H2,1-3H3. The molecule has 3 aromatic carbocycles. The Labute approximate surface area is 201 Å². The Morgan fingerprint density at radius 3 is 2.29 bits per heavy atom. The molecular formula is C28H28N2O3S. The number of fused-ring (bicyclic) bond motifs is 1. The fourth-order valence-electron chi connectivity index (χ4n) is 4.99. The third-order valence-corrected chi connectivity index (χ3v) is 8.69. The van der Waals surface area contributed by atoms with Gasteiger partial charge in [0, 0.05) is 13.0 Å². The Bertz CT molecular complexity index is 1380. The Hall–Kier alpha value is -3.27. The predicted molar refractivity (Wildman–Crippen MR) is 132 cm³/mol. The molecule has 4 rings (SSSR count). The van der Waals surface area contributed by atoms with Crippen LogP contribution in [0.15, 0.2) is 65.6 Å². The second-order valence-corrected chi connectivity index (χ2v) is 10.8. The summed E-state index contributed by atoms with van der Waals surface area (Å²) in [5, 5.41) is 9.37. The third-order valence-electron chi connectivity index (χ3n) is 6.53. The monoisotopic (exact) mass is 472 g/mol. The maximum Gasteiger partial charge on any atom is 0.244 e. The summed E-state index contributed by atoms with van der Waals surface area (Å²) in [5.74, 6) is -0.131. The van der Waals surface area contributed by atoms with Crippen molar-refractivity contribution in [3.05, 3.63) is 99.6 Å². The highest BCUT2D eigenvalue weighted by Gasteiger charge is 2.40. The van der Waals surface area contributed by atoms with E-state index in [1.807, 2.05) is 55.5 Å². The van der Waals surface area contributed by atoms with Crippen molar-refractivity contribution < 1.29 is 13.2 Å². The number of sulfonamides is 1. The molecule has 1 heterocycles. The quantitative estimate of drug-likeness (QED) is 0.516. The molecule has 0 spiro atoms. The van der Waals surface area contributed by atoms with E-state index in [0.29, 0.717) is 29.5 Å². The van der Waals surface area contributed by atoms with Crippen LogP contribution < -0.4 is 0 Å². The van der Waals surface area contributed by atoms with Crippen molar-refractivity contribution in [1.29, 1.82) is 5.26 Å². The lowest BCUT2D eigenvalue weighted by Gasteiger charge is -2.36. The van der Waals surface area contributed by atoms with Crippen molar-refractivity contribution in [2.24, 2.45) is 0 Å². The first-order chi connectivity index (χ1) is 16.2. The van der Waals surface area contributed by atoms with Crippen molar-refractivity contribution in [3.63, 3.8) is 0 Å². The molecule has 1 unspecified atom stereocenters. The summed E-state index contributed by atoms with van der Waals surface area (Å²) in [6, 6.07) is 20.0. The Morgan fingerprint density at radius 1 is 1.00 bits per heavy atom. The number of aryl methyl sites for hydroxylation is 4. The van der Waals surface area contributed by atoms with Gasteiger partial charge in [0.25, 0.3) is 0 Å². The largest absolute Gasteiger partial charge is 0.298 e. The molecule has 0 saturated heterocycles. The maximum absolute atomic E-state index is 14.0. The van der Waals surface area contributed by atoms with Crippen LogP contribution in [0.25, 0.3) is 0 Å². The topological polar surface area (TPSA) is 78.2 Å². The van der Waals surface area contributed by atoms with Gasteiger partial charge in [-0.3, -0.25) is 4.79 Å². The van der Waals surface area contributed by atoms with Gasteiger partial charge in [0.05, 0.1) is 22.6 Å². The van der Waals surface area contributed by atoms with Gasteiger partial charge in [-0.1, -0.05) is 60.2 Å². The van der Waals surface area contributed by atoms with Gasteiger partial charge in [0.2, 0.25) is 10.0 Å². The fraction of sp³-hybridized carbons (Fsp3) is 0.286. The van der Waals surface area contributed by atoms with Gasteiger partial charge >= 0.3 is 0 Å². The number of Topliss-reactive ketones (excluding diaryl/α,β-unsaturated/α-hetero) is 1. The average Bonchev–Trinajstić information content (AvgIpc) is 2.81. The highest BCUT2D eigenvalue weighted by molar-refractivity contribution is 7.89. The Morgan fingerprint density at radius 2 is 1.62 bits per heavy atom. The number of carbonyl (C=O) groups excluding carboxylic acids is 1. The minimum absolute atomic E-state index is 0.131. The van der Waals surface area contributed by atoms with Gasteiger partial charge in [-0.25, -0.2) is 8.42 Å². The molecule has 3 aromatic rings. The summed E-state index contributed by atoms with van der Waals surface area (Å²) >= 11 is 0. The van der Waals surface area contributed by atoms with E-state index in [9.17, 15) is 18.5 Å². The molecule has 1 aliphatic heterocycles. The van der Waals surface area contributed by atoms with Crippen molar-refractivity contribution >= 4 is 15.8 Å². The summed E-state index contributed by atoms with van der Waals surface area (Å²) < 4.78 is 29.3. The lowest BCUT2D eigenvalue weighted by Crippen LogP contribution is -2.48. The van der Waals surface area contributed by atoms with Crippen molar-refractivity contribution in [2.75, 3.05) is 0 Å². The van der Waals surface area contributed by atoms with E-state index in [4.69, 9.17) is 0 Å². The van der Waals surface area contributed by atoms with Crippen molar-refractivity contribution in [2.45, 2.75) is 57.5 Å². The number of hydrogen-bond donors (Lipinski definition) is 0. The van der Waals surface area contributed by atoms with E-state index < -0.39 is 16.1 Å². The van der Waals surface area contributed by atoms with E-state index >= 15 is 0 Å². The maximum atomic E-state index is 14.0. The van der Waals surface area contributed by atoms with Gasteiger partial charge in [0.1, 0.15) is 0 Å². The van der Waals surface area contributed by atoms with E-state index in [-0.39, 0.29) is 23.6 Å². The van der Waals surface area contributed by atoms with Gasteiger partial charge in [-0.15, -0.1) is 0 Å². The van der Waals surface area contributed by atoms with Crippen LogP contribution in [0.3, 0.4) is 0 Å². The van der Waals surface area contributed by atoms with Crippen LogP contribution in [0, 0.1) is 32.1 Å². The molecule has 0 saturated carbocycles. The summed E-state index contributed by atoms with van der Waals surface area (Å²) in [6.45, 7) is 5.72. The number of nitrogens with zero attached hydrogens (tertiary/aromatic N) is 2. The SMILES string of the molecule is Cc1cc(C)c(S(=O)(=O)N2Cc3ccccc3CC2C(=O)CCc2ccccc2C#N)c(C)c1. The second-order valence-electron chi connectivity index (χ2n) is 9.00. The number of carbonyl (C=O) groups is 1. The molecule has 0 fully saturated rings. The number of nitriles is 1. The van der Waals surface area contributed by atoms with E-state index in [0.717, 1.165) is 22.3 Å². The molecule has 0 aromatic heterocycles. The minimum Gasteiger partial charge on any atom is -0.298 e. The fourth-order valence-corrected chi connectivity index (χ4v) is 6.99. The zero-order chi connectivity index (χ0) is 24.5. The van der Waals surface area contributed by atoms with Gasteiger partial charge in [-0.2, -0.15) is 9.57 Å². The van der Waals surface area contributed by atoms with E-state index in [1.165, 1.54) is 4.31 Å². The molecule has 174 valence electrons. The van der Waals surface area contributed by atoms with Crippen LogP contribution in [-0.2, 0) is 34.2 Å². The van der Waals surface area contributed by atoms with Crippen LogP contribution in [0.4, 0.5) is 0 Å². The molecule has 0 amide bonds. The highest BCUT2D eigenvalue weighted by Crippen LogP contribution is 2.33. The van der Waals surface area contributed by atoms with Crippen LogP contribution >= 0.6 is 0 Å². The first kappa shape index (κ1) is 23.9. The summed E-state index contributed by atoms with van der Waals surface area (Å²) in [4.78, 5) is 13.8. The molecular weight excluding hydrogens is 444 g/mol. The van der Waals surface area contributed by atoms with E-state index in [2.05, 4.69) is 6.07 Å². The lowest BCUT2D eigenvalue weighted by atomic mass is 9.91. The minimum atomic E-state index is -3.91. The van der Waals surface area contributed by atoms with Crippen molar-refractivity contribution in [1.82, 2.24) is 4.31 Å². The molecule has 34 heavy (non-hydrogen) atoms. The van der Waals surface area contributed by atoms with Crippen LogP contribution in [0.5, 0.6) is 0 Å². The smallest absolute Gasteiger partial charge is 0.244 e. The van der Waals surface area contributed by atoms with Crippen molar-refractivity contribution in [3.8, 4) is 6.07 Å². The first-order valence-corrected chi connectivity index (χ1v) is 12.8. The zero-order valence-electron chi connectivity index (χ0n) is 19.7. The second kappa shape index (κ2) is 9.54. The number of rotatable bonds is 6.